The first kappa shape index (κ1) is 31.9. The molecular weight excluding hydrogens is 668 g/mol. The van der Waals surface area contributed by atoms with E-state index in [1.807, 2.05) is 66.7 Å². The fourth-order valence-electron chi connectivity index (χ4n) is 5.98. The lowest BCUT2D eigenvalue weighted by Crippen LogP contribution is -2.43. The van der Waals surface area contributed by atoms with Crippen molar-refractivity contribution in [3.8, 4) is 40.2 Å². The fraction of sp³-hybridized carbons (Fsp3) is 0.297. The Balaban J connectivity index is 1.25. The molecule has 46 heavy (non-hydrogen) atoms. The summed E-state index contributed by atoms with van der Waals surface area (Å²) in [6.07, 6.45) is 2.93. The summed E-state index contributed by atoms with van der Waals surface area (Å²) in [4.78, 5) is 14.7. The number of nitriles is 1. The highest BCUT2D eigenvalue weighted by molar-refractivity contribution is 9.10. The number of halogens is 2. The van der Waals surface area contributed by atoms with Crippen molar-refractivity contribution in [1.82, 2.24) is 4.90 Å². The molecule has 0 aromatic heterocycles. The second-order valence-electron chi connectivity index (χ2n) is 11.5. The van der Waals surface area contributed by atoms with Gasteiger partial charge < -0.3 is 18.9 Å². The third-order valence-electron chi connectivity index (χ3n) is 8.34. The third-order valence-corrected chi connectivity index (χ3v) is 9.57. The summed E-state index contributed by atoms with van der Waals surface area (Å²) in [7, 11) is 0. The Labute approximate surface area is 282 Å². The number of piperidine rings is 1. The number of rotatable bonds is 10. The van der Waals surface area contributed by atoms with Gasteiger partial charge in [-0.1, -0.05) is 54.4 Å². The molecule has 2 heterocycles. The minimum absolute atomic E-state index is 0.123. The summed E-state index contributed by atoms with van der Waals surface area (Å²) in [6.45, 7) is 4.62. The van der Waals surface area contributed by atoms with Crippen LogP contribution in [-0.2, 0) is 24.6 Å². The van der Waals surface area contributed by atoms with Crippen LogP contribution in [0.2, 0.25) is 5.02 Å². The number of hydrogen-bond donors (Lipinski definition) is 0. The van der Waals surface area contributed by atoms with E-state index in [0.29, 0.717) is 41.8 Å². The molecule has 0 N–H and O–H groups in total. The second kappa shape index (κ2) is 14.6. The number of ketones is 1. The quantitative estimate of drug-likeness (QED) is 0.164. The molecule has 6 rings (SSSR count). The molecule has 0 saturated carbocycles. The Kier molecular flexibility index (Phi) is 10.1. The van der Waals surface area contributed by atoms with Crippen molar-refractivity contribution < 1.29 is 23.7 Å². The maximum Gasteiger partial charge on any atom is 0.161 e. The number of nitrogens with zero attached hydrogens (tertiary/aromatic N) is 2. The van der Waals surface area contributed by atoms with Crippen molar-refractivity contribution >= 4 is 33.3 Å². The summed E-state index contributed by atoms with van der Waals surface area (Å²) in [5.41, 5.74) is 5.28. The third kappa shape index (κ3) is 7.33. The van der Waals surface area contributed by atoms with E-state index in [4.69, 9.17) is 30.5 Å². The lowest BCUT2D eigenvalue weighted by Gasteiger charge is -2.34. The number of carbonyl (C=O) groups is 1. The largest absolute Gasteiger partial charge is 0.488 e. The molecule has 2 aliphatic rings. The molecule has 0 spiro atoms. The van der Waals surface area contributed by atoms with E-state index >= 15 is 0 Å². The van der Waals surface area contributed by atoms with Crippen LogP contribution in [-0.4, -0.2) is 36.5 Å². The molecule has 236 valence electrons. The Morgan fingerprint density at radius 2 is 1.76 bits per heavy atom. The number of Topliss-reactive ketones (excluding diaryl/α,β-unsaturated/α-hetero) is 1. The zero-order valence-corrected chi connectivity index (χ0v) is 27.9. The van der Waals surface area contributed by atoms with E-state index in [-0.39, 0.29) is 25.0 Å². The van der Waals surface area contributed by atoms with Gasteiger partial charge in [-0.3, -0.25) is 9.69 Å². The Bertz CT molecular complexity index is 1790. The van der Waals surface area contributed by atoms with Crippen molar-refractivity contribution in [3.63, 3.8) is 0 Å². The topological polar surface area (TPSA) is 81.0 Å². The van der Waals surface area contributed by atoms with Crippen molar-refractivity contribution in [3.05, 3.63) is 105 Å². The van der Waals surface area contributed by atoms with Crippen molar-refractivity contribution in [2.45, 2.75) is 52.0 Å². The highest BCUT2D eigenvalue weighted by atomic mass is 79.9. The number of fused-ring (bicyclic) bond motifs is 1. The molecule has 0 amide bonds. The van der Waals surface area contributed by atoms with Crippen LogP contribution in [0.5, 0.6) is 23.0 Å². The van der Waals surface area contributed by atoms with Gasteiger partial charge in [-0.05, 0) is 89.3 Å². The van der Waals surface area contributed by atoms with Gasteiger partial charge in [0, 0.05) is 28.2 Å². The van der Waals surface area contributed by atoms with Crippen LogP contribution in [0.25, 0.3) is 11.1 Å². The number of hydrogen-bond acceptors (Lipinski definition) is 7. The van der Waals surface area contributed by atoms with Crippen LogP contribution in [0.3, 0.4) is 0 Å². The molecule has 0 radical (unpaired) electrons. The first-order valence-corrected chi connectivity index (χ1v) is 16.6. The monoisotopic (exact) mass is 700 g/mol. The summed E-state index contributed by atoms with van der Waals surface area (Å²) in [5.74, 6) is 2.76. The molecule has 1 fully saturated rings. The SMILES string of the molecule is CC(=O)[C@@H]1CCCCN1Cc1cc(Cl)c(OCc2cccc(-c3ccc4c(c3)OCCO4)c2Br)cc1OCc1cccc(C#N)c1. The summed E-state index contributed by atoms with van der Waals surface area (Å²) in [5, 5.41) is 9.81. The van der Waals surface area contributed by atoms with Crippen LogP contribution in [0, 0.1) is 11.3 Å². The van der Waals surface area contributed by atoms with E-state index in [1.165, 1.54) is 0 Å². The highest BCUT2D eigenvalue weighted by Crippen LogP contribution is 2.39. The lowest BCUT2D eigenvalue weighted by atomic mass is 9.98. The van der Waals surface area contributed by atoms with Gasteiger partial charge in [-0.25, -0.2) is 0 Å². The lowest BCUT2D eigenvalue weighted by molar-refractivity contribution is -0.123. The fourth-order valence-corrected chi connectivity index (χ4v) is 6.82. The van der Waals surface area contributed by atoms with Gasteiger partial charge >= 0.3 is 0 Å². The minimum atomic E-state index is -0.123. The highest BCUT2D eigenvalue weighted by Gasteiger charge is 2.27. The maximum atomic E-state index is 12.4. The first-order chi connectivity index (χ1) is 22.4. The zero-order chi connectivity index (χ0) is 32.0. The number of benzene rings is 4. The van der Waals surface area contributed by atoms with E-state index in [0.717, 1.165) is 69.6 Å². The molecule has 0 unspecified atom stereocenters. The van der Waals surface area contributed by atoms with Gasteiger partial charge in [0.1, 0.15) is 43.7 Å². The average molecular weight is 702 g/mol. The molecule has 4 aromatic carbocycles. The second-order valence-corrected chi connectivity index (χ2v) is 12.7. The first-order valence-electron chi connectivity index (χ1n) is 15.4. The van der Waals surface area contributed by atoms with E-state index in [9.17, 15) is 10.1 Å². The van der Waals surface area contributed by atoms with Crippen molar-refractivity contribution in [2.75, 3.05) is 19.8 Å². The van der Waals surface area contributed by atoms with Gasteiger partial charge in [0.2, 0.25) is 0 Å². The summed E-state index contributed by atoms with van der Waals surface area (Å²) in [6, 6.07) is 25.1. The Morgan fingerprint density at radius 3 is 2.59 bits per heavy atom. The summed E-state index contributed by atoms with van der Waals surface area (Å²) < 4.78 is 25.1. The van der Waals surface area contributed by atoms with Crippen LogP contribution in [0.15, 0.2) is 77.3 Å². The van der Waals surface area contributed by atoms with Gasteiger partial charge in [0.25, 0.3) is 0 Å². The molecular formula is C37H34BrClN2O5. The van der Waals surface area contributed by atoms with Crippen molar-refractivity contribution in [1.29, 1.82) is 5.26 Å². The minimum Gasteiger partial charge on any atom is -0.488 e. The van der Waals surface area contributed by atoms with Gasteiger partial charge in [-0.2, -0.15) is 5.26 Å². The smallest absolute Gasteiger partial charge is 0.161 e. The maximum absolute atomic E-state index is 12.4. The summed E-state index contributed by atoms with van der Waals surface area (Å²) >= 11 is 10.6. The number of ether oxygens (including phenoxy) is 4. The molecule has 7 nitrogen and oxygen atoms in total. The van der Waals surface area contributed by atoms with Crippen LogP contribution < -0.4 is 18.9 Å². The molecule has 0 aliphatic carbocycles. The number of carbonyl (C=O) groups excluding carboxylic acids is 1. The van der Waals surface area contributed by atoms with Gasteiger partial charge in [-0.15, -0.1) is 0 Å². The van der Waals surface area contributed by atoms with Crippen LogP contribution in [0.1, 0.15) is 48.4 Å². The van der Waals surface area contributed by atoms with E-state index in [1.54, 1.807) is 13.0 Å². The van der Waals surface area contributed by atoms with Crippen LogP contribution >= 0.6 is 27.5 Å². The zero-order valence-electron chi connectivity index (χ0n) is 25.6. The molecule has 2 aliphatic heterocycles. The van der Waals surface area contributed by atoms with Gasteiger partial charge in [0.05, 0.1) is 22.7 Å². The van der Waals surface area contributed by atoms with Gasteiger partial charge in [0.15, 0.2) is 11.5 Å². The molecule has 1 saturated heterocycles. The molecule has 9 heteroatoms. The van der Waals surface area contributed by atoms with E-state index < -0.39 is 0 Å². The molecule has 0 bridgehead atoms. The Morgan fingerprint density at radius 1 is 0.957 bits per heavy atom. The average Bonchev–Trinajstić information content (AvgIpc) is 3.08. The number of likely N-dealkylation sites (tertiary alicyclic amines) is 1. The standard InChI is InChI=1S/C37H34BrClN2O5/c1-24(42)32-10-2-3-13-41(32)21-29-17-31(39)35(19-34(29)45-22-26-7-4-6-25(16-26)20-40)46-23-28-8-5-9-30(37(28)38)27-11-12-33-36(18-27)44-15-14-43-33/h4-9,11-12,16-19,32H,2-3,10,13-15,21-23H2,1H3/t32-/m0/s1. The van der Waals surface area contributed by atoms with E-state index in [2.05, 4.69) is 26.9 Å². The molecule has 4 aromatic rings. The van der Waals surface area contributed by atoms with Crippen LogP contribution in [0.4, 0.5) is 0 Å². The van der Waals surface area contributed by atoms with Crippen molar-refractivity contribution in [2.24, 2.45) is 0 Å². The normalized spacial score (nSPS) is 16.0. The predicted molar refractivity (Wildman–Crippen MR) is 181 cm³/mol. The molecule has 1 atom stereocenters. The Hall–Kier alpha value is -4.03. The predicted octanol–water partition coefficient (Wildman–Crippen LogP) is 8.51.